The number of nitriles is 1. The lowest BCUT2D eigenvalue weighted by Gasteiger charge is -2.19. The summed E-state index contributed by atoms with van der Waals surface area (Å²) >= 11 is 0. The average molecular weight is 253 g/mol. The smallest absolute Gasteiger partial charge is 0.119 e. The highest BCUT2D eigenvalue weighted by Crippen LogP contribution is 2.18. The average Bonchev–Trinajstić information content (AvgIpc) is 2.48. The quantitative estimate of drug-likeness (QED) is 0.671. The predicted octanol–water partition coefficient (Wildman–Crippen LogP) is 2.45. The molecule has 0 atom stereocenters. The van der Waals surface area contributed by atoms with E-state index in [1.165, 1.54) is 0 Å². The van der Waals surface area contributed by atoms with Crippen LogP contribution in [0.1, 0.15) is 11.1 Å². The molecule has 4 nitrogen and oxygen atoms in total. The van der Waals surface area contributed by atoms with Crippen LogP contribution in [0.25, 0.3) is 0 Å². The molecule has 2 aromatic carbocycles. The fourth-order valence-electron chi connectivity index (χ4n) is 1.75. The SMILES string of the molecule is COc1ccc(N(N)Cc2ccc(C#N)cc2)cc1. The van der Waals surface area contributed by atoms with Crippen LogP contribution in [-0.2, 0) is 6.54 Å². The van der Waals surface area contributed by atoms with Crippen LogP contribution in [0.2, 0.25) is 0 Å². The maximum Gasteiger partial charge on any atom is 0.119 e. The van der Waals surface area contributed by atoms with Crippen LogP contribution in [0.4, 0.5) is 5.69 Å². The van der Waals surface area contributed by atoms with Crippen molar-refractivity contribution in [1.82, 2.24) is 0 Å². The standard InChI is InChI=1S/C15H15N3O/c1-19-15-8-6-14(7-9-15)18(17)11-13-4-2-12(10-16)3-5-13/h2-9H,11,17H2,1H3. The van der Waals surface area contributed by atoms with Gasteiger partial charge in [0.25, 0.3) is 0 Å². The zero-order valence-electron chi connectivity index (χ0n) is 10.7. The first kappa shape index (κ1) is 12.9. The third-order valence-electron chi connectivity index (χ3n) is 2.84. The second-order valence-corrected chi connectivity index (χ2v) is 4.13. The number of ether oxygens (including phenoxy) is 1. The van der Waals surface area contributed by atoms with E-state index in [1.54, 1.807) is 24.3 Å². The summed E-state index contributed by atoms with van der Waals surface area (Å²) in [6, 6.07) is 17.0. The minimum atomic E-state index is 0.581. The van der Waals surface area contributed by atoms with Crippen LogP contribution in [-0.4, -0.2) is 7.11 Å². The Labute approximate surface area is 112 Å². The maximum absolute atomic E-state index is 8.74. The van der Waals surface area contributed by atoms with Crippen molar-refractivity contribution in [1.29, 1.82) is 5.26 Å². The van der Waals surface area contributed by atoms with E-state index in [2.05, 4.69) is 6.07 Å². The maximum atomic E-state index is 8.74. The molecule has 0 saturated heterocycles. The Morgan fingerprint density at radius 3 is 2.26 bits per heavy atom. The molecule has 19 heavy (non-hydrogen) atoms. The number of hydrogen-bond donors (Lipinski definition) is 1. The fraction of sp³-hybridized carbons (Fsp3) is 0.133. The van der Waals surface area contributed by atoms with Crippen molar-refractivity contribution in [3.63, 3.8) is 0 Å². The van der Waals surface area contributed by atoms with Gasteiger partial charge in [0.2, 0.25) is 0 Å². The molecule has 0 aliphatic heterocycles. The van der Waals surface area contributed by atoms with Gasteiger partial charge in [-0.05, 0) is 42.0 Å². The molecule has 2 rings (SSSR count). The number of hydrazine groups is 1. The topological polar surface area (TPSA) is 62.3 Å². The summed E-state index contributed by atoms with van der Waals surface area (Å²) in [6.45, 7) is 0.581. The number of nitrogens with two attached hydrogens (primary N) is 1. The molecule has 2 N–H and O–H groups in total. The van der Waals surface area contributed by atoms with Gasteiger partial charge >= 0.3 is 0 Å². The van der Waals surface area contributed by atoms with E-state index in [4.69, 9.17) is 15.8 Å². The van der Waals surface area contributed by atoms with E-state index in [1.807, 2.05) is 36.4 Å². The molecule has 0 heterocycles. The predicted molar refractivity (Wildman–Crippen MR) is 74.5 cm³/mol. The molecule has 4 heteroatoms. The van der Waals surface area contributed by atoms with Gasteiger partial charge in [-0.1, -0.05) is 12.1 Å². The van der Waals surface area contributed by atoms with E-state index in [9.17, 15) is 0 Å². The largest absolute Gasteiger partial charge is 0.497 e. The van der Waals surface area contributed by atoms with Crippen molar-refractivity contribution < 1.29 is 4.74 Å². The van der Waals surface area contributed by atoms with Crippen molar-refractivity contribution in [2.75, 3.05) is 12.1 Å². The zero-order chi connectivity index (χ0) is 13.7. The molecule has 0 aliphatic rings. The molecule has 0 saturated carbocycles. The van der Waals surface area contributed by atoms with Crippen molar-refractivity contribution >= 4 is 5.69 Å². The highest BCUT2D eigenvalue weighted by Gasteiger charge is 2.03. The van der Waals surface area contributed by atoms with Crippen LogP contribution in [0.3, 0.4) is 0 Å². The van der Waals surface area contributed by atoms with E-state index < -0.39 is 0 Å². The fourth-order valence-corrected chi connectivity index (χ4v) is 1.75. The zero-order valence-corrected chi connectivity index (χ0v) is 10.7. The van der Waals surface area contributed by atoms with E-state index in [0.29, 0.717) is 12.1 Å². The first-order chi connectivity index (χ1) is 9.22. The summed E-state index contributed by atoms with van der Waals surface area (Å²) in [6.07, 6.45) is 0. The Morgan fingerprint density at radius 2 is 1.74 bits per heavy atom. The minimum absolute atomic E-state index is 0.581. The van der Waals surface area contributed by atoms with Gasteiger partial charge in [-0.25, -0.2) is 5.84 Å². The highest BCUT2D eigenvalue weighted by atomic mass is 16.5. The van der Waals surface area contributed by atoms with Gasteiger partial charge in [0.1, 0.15) is 5.75 Å². The van der Waals surface area contributed by atoms with Gasteiger partial charge in [0.05, 0.1) is 31.0 Å². The lowest BCUT2D eigenvalue weighted by molar-refractivity contribution is 0.415. The van der Waals surface area contributed by atoms with Crippen LogP contribution < -0.4 is 15.6 Å². The Morgan fingerprint density at radius 1 is 1.11 bits per heavy atom. The molecule has 0 amide bonds. The van der Waals surface area contributed by atoms with Crippen LogP contribution in [0, 0.1) is 11.3 Å². The molecular formula is C15H15N3O. The molecule has 0 fully saturated rings. The number of rotatable bonds is 4. The molecule has 0 aliphatic carbocycles. The molecule has 0 unspecified atom stereocenters. The van der Waals surface area contributed by atoms with E-state index in [0.717, 1.165) is 17.0 Å². The first-order valence-electron chi connectivity index (χ1n) is 5.88. The lowest BCUT2D eigenvalue weighted by Crippen LogP contribution is -2.29. The molecule has 0 radical (unpaired) electrons. The first-order valence-corrected chi connectivity index (χ1v) is 5.88. The van der Waals surface area contributed by atoms with Gasteiger partial charge in [0.15, 0.2) is 0 Å². The number of hydrogen-bond acceptors (Lipinski definition) is 4. The van der Waals surface area contributed by atoms with Crippen molar-refractivity contribution in [3.05, 3.63) is 59.7 Å². The van der Waals surface area contributed by atoms with E-state index in [-0.39, 0.29) is 0 Å². The molecule has 96 valence electrons. The normalized spacial score (nSPS) is 9.74. The molecule has 0 bridgehead atoms. The third-order valence-corrected chi connectivity index (χ3v) is 2.84. The second-order valence-electron chi connectivity index (χ2n) is 4.13. The molecule has 0 spiro atoms. The summed E-state index contributed by atoms with van der Waals surface area (Å²) in [7, 11) is 1.63. The number of anilines is 1. The van der Waals surface area contributed by atoms with E-state index >= 15 is 0 Å². The van der Waals surface area contributed by atoms with Crippen LogP contribution >= 0.6 is 0 Å². The Kier molecular flexibility index (Phi) is 4.01. The Balaban J connectivity index is 2.06. The van der Waals surface area contributed by atoms with Gasteiger partial charge in [-0.15, -0.1) is 0 Å². The van der Waals surface area contributed by atoms with Crippen LogP contribution in [0.15, 0.2) is 48.5 Å². The number of benzene rings is 2. The van der Waals surface area contributed by atoms with Crippen molar-refractivity contribution in [2.24, 2.45) is 5.84 Å². The highest BCUT2D eigenvalue weighted by molar-refractivity contribution is 5.48. The monoisotopic (exact) mass is 253 g/mol. The number of methoxy groups -OCH3 is 1. The Hall–Kier alpha value is -2.51. The minimum Gasteiger partial charge on any atom is -0.497 e. The van der Waals surface area contributed by atoms with Crippen molar-refractivity contribution in [3.8, 4) is 11.8 Å². The van der Waals surface area contributed by atoms with Gasteiger partial charge in [-0.2, -0.15) is 5.26 Å². The summed E-state index contributed by atoms with van der Waals surface area (Å²) in [4.78, 5) is 0. The van der Waals surface area contributed by atoms with Gasteiger partial charge in [-0.3, -0.25) is 0 Å². The van der Waals surface area contributed by atoms with Crippen molar-refractivity contribution in [2.45, 2.75) is 6.54 Å². The second kappa shape index (κ2) is 5.89. The van der Waals surface area contributed by atoms with Gasteiger partial charge in [0, 0.05) is 0 Å². The summed E-state index contributed by atoms with van der Waals surface area (Å²) in [5, 5.41) is 10.4. The van der Waals surface area contributed by atoms with Crippen LogP contribution in [0.5, 0.6) is 5.75 Å². The summed E-state index contributed by atoms with van der Waals surface area (Å²) < 4.78 is 5.10. The summed E-state index contributed by atoms with van der Waals surface area (Å²) in [5.41, 5.74) is 2.61. The van der Waals surface area contributed by atoms with Gasteiger partial charge < -0.3 is 9.75 Å². The number of nitrogens with zero attached hydrogens (tertiary/aromatic N) is 2. The molecular weight excluding hydrogens is 238 g/mol. The Bertz CT molecular complexity index is 570. The lowest BCUT2D eigenvalue weighted by atomic mass is 10.1. The third kappa shape index (κ3) is 3.24. The summed E-state index contributed by atoms with van der Waals surface area (Å²) in [5.74, 6) is 6.82. The molecule has 0 aromatic heterocycles. The molecule has 2 aromatic rings.